The second-order valence-corrected chi connectivity index (χ2v) is 8.86. The number of imidazole rings is 1. The number of hydrogen-bond acceptors (Lipinski definition) is 7. The number of halogens is 6. The second-order valence-electron chi connectivity index (χ2n) is 8.86. The number of fused-ring (bicyclic) bond motifs is 2. The minimum atomic E-state index is -5.08. The molecule has 2 aromatic rings. The Kier molecular flexibility index (Phi) is 11.9. The number of nitrogens with zero attached hydrogens (tertiary/aromatic N) is 3. The topological polar surface area (TPSA) is 143 Å². The smallest absolute Gasteiger partial charge is 0.485 e. The van der Waals surface area contributed by atoms with E-state index in [9.17, 15) is 31.1 Å². The van der Waals surface area contributed by atoms with Crippen molar-refractivity contribution in [1.82, 2.24) is 19.8 Å². The maximum Gasteiger partial charge on any atom is 0.490 e. The van der Waals surface area contributed by atoms with Gasteiger partial charge in [0, 0.05) is 46.0 Å². The monoisotopic (exact) mass is 598 g/mol. The highest BCUT2D eigenvalue weighted by Gasteiger charge is 2.39. The quantitative estimate of drug-likeness (QED) is 0.445. The van der Waals surface area contributed by atoms with Crippen LogP contribution in [-0.2, 0) is 27.9 Å². The molecule has 0 spiro atoms. The Balaban J connectivity index is 0.000000349. The van der Waals surface area contributed by atoms with Crippen molar-refractivity contribution in [2.45, 2.75) is 43.9 Å². The Bertz CT molecular complexity index is 1150. The van der Waals surface area contributed by atoms with Crippen molar-refractivity contribution in [3.8, 4) is 5.75 Å². The zero-order valence-electron chi connectivity index (χ0n) is 21.6. The van der Waals surface area contributed by atoms with Gasteiger partial charge in [0.05, 0.1) is 17.6 Å². The summed E-state index contributed by atoms with van der Waals surface area (Å²) in [6.45, 7) is 3.64. The van der Waals surface area contributed by atoms with E-state index in [1.54, 1.807) is 0 Å². The predicted octanol–water partition coefficient (Wildman–Crippen LogP) is 2.86. The SMILES string of the molecule is Cn1cnc(CN2C[C@@H]3OCCCCNC(=O)c4ccccc4O[C@@H]3C2)c1.O=C(O)C(F)(F)F.O=C(O)C(F)(F)F. The lowest BCUT2D eigenvalue weighted by Gasteiger charge is -2.23. The highest BCUT2D eigenvalue weighted by Crippen LogP contribution is 2.26. The van der Waals surface area contributed by atoms with E-state index in [0.29, 0.717) is 24.5 Å². The predicted molar refractivity (Wildman–Crippen MR) is 128 cm³/mol. The molecule has 11 nitrogen and oxygen atoms in total. The number of carbonyl (C=O) groups is 3. The fraction of sp³-hybridized carbons (Fsp3) is 0.500. The molecule has 41 heavy (non-hydrogen) atoms. The molecule has 228 valence electrons. The molecule has 1 aromatic carbocycles. The number of likely N-dealkylation sites (tertiary alicyclic amines) is 1. The number of amides is 1. The molecule has 1 fully saturated rings. The number of aliphatic carboxylic acids is 2. The minimum absolute atomic E-state index is 0.00995. The zero-order valence-corrected chi connectivity index (χ0v) is 21.6. The summed E-state index contributed by atoms with van der Waals surface area (Å²) in [5.41, 5.74) is 1.62. The molecule has 0 aliphatic carbocycles. The van der Waals surface area contributed by atoms with Crippen molar-refractivity contribution in [3.05, 3.63) is 48.0 Å². The van der Waals surface area contributed by atoms with Crippen LogP contribution in [0.25, 0.3) is 0 Å². The van der Waals surface area contributed by atoms with Crippen LogP contribution < -0.4 is 10.1 Å². The summed E-state index contributed by atoms with van der Waals surface area (Å²) < 4.78 is 77.9. The van der Waals surface area contributed by atoms with Crippen molar-refractivity contribution in [3.63, 3.8) is 0 Å². The lowest BCUT2D eigenvalue weighted by molar-refractivity contribution is -0.193. The third kappa shape index (κ3) is 11.3. The van der Waals surface area contributed by atoms with E-state index in [2.05, 4.69) is 15.2 Å². The van der Waals surface area contributed by atoms with Gasteiger partial charge in [-0.05, 0) is 25.0 Å². The van der Waals surface area contributed by atoms with Crippen LogP contribution in [-0.4, -0.2) is 93.3 Å². The molecule has 2 aliphatic rings. The molecule has 0 saturated carbocycles. The van der Waals surface area contributed by atoms with Crippen LogP contribution in [0.1, 0.15) is 28.9 Å². The summed E-state index contributed by atoms with van der Waals surface area (Å²) in [5, 5.41) is 17.2. The number of rotatable bonds is 2. The third-order valence-electron chi connectivity index (χ3n) is 5.52. The van der Waals surface area contributed by atoms with Crippen molar-refractivity contribution in [2.75, 3.05) is 26.2 Å². The number of carboxylic acids is 2. The van der Waals surface area contributed by atoms with Crippen LogP contribution >= 0.6 is 0 Å². The molecule has 0 radical (unpaired) electrons. The number of benzene rings is 1. The summed E-state index contributed by atoms with van der Waals surface area (Å²) in [6, 6.07) is 7.43. The molecule has 4 rings (SSSR count). The van der Waals surface area contributed by atoms with Crippen molar-refractivity contribution in [2.24, 2.45) is 7.05 Å². The van der Waals surface area contributed by atoms with Crippen molar-refractivity contribution < 1.29 is 60.4 Å². The lowest BCUT2D eigenvalue weighted by atomic mass is 10.1. The molecular weight excluding hydrogens is 570 g/mol. The largest absolute Gasteiger partial charge is 0.490 e. The van der Waals surface area contributed by atoms with E-state index < -0.39 is 24.3 Å². The minimum Gasteiger partial charge on any atom is -0.485 e. The number of nitrogens with one attached hydrogen (secondary N) is 1. The maximum atomic E-state index is 12.5. The molecule has 0 unspecified atom stereocenters. The molecular formula is C24H28F6N4O7. The van der Waals surface area contributed by atoms with E-state index in [0.717, 1.165) is 38.2 Å². The molecule has 2 aliphatic heterocycles. The molecule has 17 heteroatoms. The summed E-state index contributed by atoms with van der Waals surface area (Å²) >= 11 is 0. The first-order chi connectivity index (χ1) is 19.1. The van der Waals surface area contributed by atoms with Gasteiger partial charge in [0.15, 0.2) is 0 Å². The van der Waals surface area contributed by atoms with Gasteiger partial charge in [-0.15, -0.1) is 0 Å². The van der Waals surface area contributed by atoms with Crippen LogP contribution in [0.4, 0.5) is 26.3 Å². The molecule has 1 aromatic heterocycles. The average molecular weight is 598 g/mol. The van der Waals surface area contributed by atoms with Crippen molar-refractivity contribution >= 4 is 17.8 Å². The van der Waals surface area contributed by atoms with Gasteiger partial charge in [0.1, 0.15) is 18.0 Å². The van der Waals surface area contributed by atoms with Gasteiger partial charge in [-0.1, -0.05) is 12.1 Å². The lowest BCUT2D eigenvalue weighted by Crippen LogP contribution is -2.34. The number of alkyl halides is 6. The van der Waals surface area contributed by atoms with E-state index in [1.165, 1.54) is 0 Å². The van der Waals surface area contributed by atoms with E-state index >= 15 is 0 Å². The number of aryl methyl sites for hydroxylation is 1. The molecule has 3 N–H and O–H groups in total. The van der Waals surface area contributed by atoms with Crippen LogP contribution in [0.5, 0.6) is 5.75 Å². The first-order valence-electron chi connectivity index (χ1n) is 12.0. The van der Waals surface area contributed by atoms with Crippen molar-refractivity contribution in [1.29, 1.82) is 0 Å². The van der Waals surface area contributed by atoms with Gasteiger partial charge in [0.25, 0.3) is 5.91 Å². The Morgan fingerprint density at radius 3 is 2.17 bits per heavy atom. The number of aromatic nitrogens is 2. The highest BCUT2D eigenvalue weighted by molar-refractivity contribution is 5.96. The van der Waals surface area contributed by atoms with Gasteiger partial charge >= 0.3 is 24.3 Å². The number of para-hydroxylation sites is 1. The molecule has 2 atom stereocenters. The molecule has 0 bridgehead atoms. The average Bonchev–Trinajstić information content (AvgIpc) is 3.45. The maximum absolute atomic E-state index is 12.5. The van der Waals surface area contributed by atoms with Gasteiger partial charge < -0.3 is 29.6 Å². The van der Waals surface area contributed by atoms with E-state index in [1.807, 2.05) is 48.4 Å². The summed E-state index contributed by atoms with van der Waals surface area (Å²) in [6.07, 6.45) is -4.61. The van der Waals surface area contributed by atoms with Crippen LogP contribution in [0.2, 0.25) is 0 Å². The van der Waals surface area contributed by atoms with Gasteiger partial charge in [-0.2, -0.15) is 26.3 Å². The molecule has 3 heterocycles. The standard InChI is InChI=1S/C20H26N4O3.2C2HF3O2/c1-23-10-15(22-14-23)11-24-12-18-19(13-24)27-17-7-3-2-6-16(17)20(25)21-8-4-5-9-26-18;2*3-2(4,5)1(6)7/h2-3,6-7,10,14,18-19H,4-5,8-9,11-13H2,1H3,(H,21,25);2*(H,6,7)/t18-,19+;;/m0../s1. The second kappa shape index (κ2) is 14.7. The summed E-state index contributed by atoms with van der Waals surface area (Å²) in [7, 11) is 1.97. The van der Waals surface area contributed by atoms with E-state index in [-0.39, 0.29) is 18.1 Å². The Hall–Kier alpha value is -3.86. The first-order valence-corrected chi connectivity index (χ1v) is 12.0. The number of carbonyl (C=O) groups excluding carboxylic acids is 1. The molecule has 1 saturated heterocycles. The summed E-state index contributed by atoms with van der Waals surface area (Å²) in [5.74, 6) is -4.97. The normalized spacial score (nSPS) is 19.7. The van der Waals surface area contributed by atoms with Gasteiger partial charge in [-0.3, -0.25) is 9.69 Å². The highest BCUT2D eigenvalue weighted by atomic mass is 19.4. The van der Waals surface area contributed by atoms with Gasteiger partial charge in [0.2, 0.25) is 0 Å². The summed E-state index contributed by atoms with van der Waals surface area (Å²) in [4.78, 5) is 37.0. The van der Waals surface area contributed by atoms with Gasteiger partial charge in [-0.25, -0.2) is 14.6 Å². The third-order valence-corrected chi connectivity index (χ3v) is 5.52. The van der Waals surface area contributed by atoms with Crippen LogP contribution in [0.3, 0.4) is 0 Å². The Labute approximate surface area is 229 Å². The number of carboxylic acid groups (broad SMARTS) is 2. The Morgan fingerprint density at radius 2 is 1.61 bits per heavy atom. The first kappa shape index (κ1) is 33.3. The Morgan fingerprint density at radius 1 is 1.02 bits per heavy atom. The fourth-order valence-corrected chi connectivity index (χ4v) is 3.68. The zero-order chi connectivity index (χ0) is 30.8. The molecule has 1 amide bonds. The fourth-order valence-electron chi connectivity index (χ4n) is 3.68. The van der Waals surface area contributed by atoms with Crippen LogP contribution in [0, 0.1) is 0 Å². The van der Waals surface area contributed by atoms with E-state index in [4.69, 9.17) is 29.3 Å². The number of ether oxygens (including phenoxy) is 2. The van der Waals surface area contributed by atoms with Crippen LogP contribution in [0.15, 0.2) is 36.8 Å². The number of hydrogen-bond donors (Lipinski definition) is 3.